The number of furan rings is 1. The Morgan fingerprint density at radius 2 is 1.95 bits per heavy atom. The van der Waals surface area contributed by atoms with E-state index in [1.165, 1.54) is 16.7 Å². The summed E-state index contributed by atoms with van der Waals surface area (Å²) in [6.07, 6.45) is 1.13. The van der Waals surface area contributed by atoms with Crippen molar-refractivity contribution < 1.29 is 4.42 Å². The number of aryl methyl sites for hydroxylation is 1. The Kier molecular flexibility index (Phi) is 4.43. The zero-order chi connectivity index (χ0) is 13.8. The topological polar surface area (TPSA) is 25.2 Å². The fourth-order valence-corrected chi connectivity index (χ4v) is 2.21. The molecule has 0 bridgehead atoms. The molecule has 2 aromatic rings. The molecule has 0 spiro atoms. The van der Waals surface area contributed by atoms with E-state index in [9.17, 15) is 0 Å². The summed E-state index contributed by atoms with van der Waals surface area (Å²) in [4.78, 5) is 0. The SMILES string of the molecule is CCCNC(C)c1ccc(-c2cccc(C)c2C)o1. The summed E-state index contributed by atoms with van der Waals surface area (Å²) in [5.41, 5.74) is 3.78. The van der Waals surface area contributed by atoms with Crippen molar-refractivity contribution in [1.29, 1.82) is 0 Å². The third-order valence-corrected chi connectivity index (χ3v) is 3.62. The van der Waals surface area contributed by atoms with Crippen LogP contribution in [-0.2, 0) is 0 Å². The van der Waals surface area contributed by atoms with E-state index in [4.69, 9.17) is 4.42 Å². The molecular formula is C17H23NO. The van der Waals surface area contributed by atoms with Crippen LogP contribution < -0.4 is 5.32 Å². The lowest BCUT2D eigenvalue weighted by Gasteiger charge is -2.10. The van der Waals surface area contributed by atoms with Crippen molar-refractivity contribution >= 4 is 0 Å². The van der Waals surface area contributed by atoms with Crippen molar-refractivity contribution in [2.24, 2.45) is 0 Å². The molecule has 0 aliphatic rings. The molecule has 2 nitrogen and oxygen atoms in total. The van der Waals surface area contributed by atoms with Crippen molar-refractivity contribution in [2.45, 2.75) is 40.2 Å². The van der Waals surface area contributed by atoms with Gasteiger partial charge in [-0.25, -0.2) is 0 Å². The van der Waals surface area contributed by atoms with Gasteiger partial charge in [-0.2, -0.15) is 0 Å². The average Bonchev–Trinajstić information content (AvgIpc) is 2.88. The van der Waals surface area contributed by atoms with Gasteiger partial charge in [-0.15, -0.1) is 0 Å². The highest BCUT2D eigenvalue weighted by molar-refractivity contribution is 5.63. The second-order valence-electron chi connectivity index (χ2n) is 5.13. The van der Waals surface area contributed by atoms with Crippen LogP contribution in [-0.4, -0.2) is 6.54 Å². The Balaban J connectivity index is 2.23. The van der Waals surface area contributed by atoms with Crippen LogP contribution in [0, 0.1) is 13.8 Å². The van der Waals surface area contributed by atoms with E-state index in [2.05, 4.69) is 63.3 Å². The highest BCUT2D eigenvalue weighted by Gasteiger charge is 2.12. The molecule has 0 fully saturated rings. The van der Waals surface area contributed by atoms with E-state index in [1.807, 2.05) is 0 Å². The number of nitrogens with one attached hydrogen (secondary N) is 1. The lowest BCUT2D eigenvalue weighted by atomic mass is 10.0. The van der Waals surface area contributed by atoms with Crippen LogP contribution in [0.4, 0.5) is 0 Å². The van der Waals surface area contributed by atoms with Gasteiger partial charge in [0.05, 0.1) is 6.04 Å². The molecule has 1 aromatic heterocycles. The Labute approximate surface area is 115 Å². The van der Waals surface area contributed by atoms with Crippen LogP contribution in [0.3, 0.4) is 0 Å². The summed E-state index contributed by atoms with van der Waals surface area (Å²) in [5, 5.41) is 3.45. The molecule has 0 aliphatic carbocycles. The third-order valence-electron chi connectivity index (χ3n) is 3.62. The van der Waals surface area contributed by atoms with Gasteiger partial charge >= 0.3 is 0 Å². The first-order chi connectivity index (χ1) is 9.13. The van der Waals surface area contributed by atoms with Gasteiger partial charge in [-0.1, -0.05) is 25.1 Å². The Hall–Kier alpha value is -1.54. The van der Waals surface area contributed by atoms with Gasteiger partial charge in [0.2, 0.25) is 0 Å². The first-order valence-electron chi connectivity index (χ1n) is 7.03. The van der Waals surface area contributed by atoms with E-state index < -0.39 is 0 Å². The minimum Gasteiger partial charge on any atom is -0.459 e. The monoisotopic (exact) mass is 257 g/mol. The van der Waals surface area contributed by atoms with Gasteiger partial charge in [0.15, 0.2) is 0 Å². The highest BCUT2D eigenvalue weighted by atomic mass is 16.3. The second-order valence-corrected chi connectivity index (χ2v) is 5.13. The van der Waals surface area contributed by atoms with Crippen LogP contribution >= 0.6 is 0 Å². The Morgan fingerprint density at radius 3 is 2.68 bits per heavy atom. The van der Waals surface area contributed by atoms with Crippen molar-refractivity contribution in [1.82, 2.24) is 5.32 Å². The largest absolute Gasteiger partial charge is 0.459 e. The maximum atomic E-state index is 6.00. The van der Waals surface area contributed by atoms with Crippen LogP contribution in [0.2, 0.25) is 0 Å². The number of hydrogen-bond donors (Lipinski definition) is 1. The van der Waals surface area contributed by atoms with E-state index in [0.717, 1.165) is 24.5 Å². The summed E-state index contributed by atoms with van der Waals surface area (Å²) in [6, 6.07) is 10.7. The van der Waals surface area contributed by atoms with Crippen molar-refractivity contribution in [2.75, 3.05) is 6.54 Å². The first kappa shape index (κ1) is 13.9. The Bertz CT molecular complexity index is 542. The molecule has 1 aromatic carbocycles. The molecule has 1 unspecified atom stereocenters. The summed E-state index contributed by atoms with van der Waals surface area (Å²) in [5.74, 6) is 1.96. The van der Waals surface area contributed by atoms with Crippen molar-refractivity contribution in [3.05, 3.63) is 47.2 Å². The van der Waals surface area contributed by atoms with Gasteiger partial charge in [-0.3, -0.25) is 0 Å². The lowest BCUT2D eigenvalue weighted by Crippen LogP contribution is -2.18. The molecule has 0 aliphatic heterocycles. The van der Waals surface area contributed by atoms with Gasteiger partial charge < -0.3 is 9.73 Å². The van der Waals surface area contributed by atoms with Gasteiger partial charge in [0.1, 0.15) is 11.5 Å². The van der Waals surface area contributed by atoms with Crippen LogP contribution in [0.25, 0.3) is 11.3 Å². The highest BCUT2D eigenvalue weighted by Crippen LogP contribution is 2.29. The minimum atomic E-state index is 0.263. The first-order valence-corrected chi connectivity index (χ1v) is 7.03. The predicted octanol–water partition coefficient (Wildman–Crippen LogP) is 4.62. The zero-order valence-corrected chi connectivity index (χ0v) is 12.3. The number of hydrogen-bond acceptors (Lipinski definition) is 2. The van der Waals surface area contributed by atoms with E-state index >= 15 is 0 Å². The van der Waals surface area contributed by atoms with E-state index in [1.54, 1.807) is 0 Å². The molecule has 0 amide bonds. The fraction of sp³-hybridized carbons (Fsp3) is 0.412. The molecule has 1 N–H and O–H groups in total. The lowest BCUT2D eigenvalue weighted by molar-refractivity contribution is 0.438. The van der Waals surface area contributed by atoms with Gasteiger partial charge in [-0.05, 0) is 57.0 Å². The standard InChI is InChI=1S/C17H23NO/c1-5-11-18-14(4)16-9-10-17(19-16)15-8-6-7-12(2)13(15)3/h6-10,14,18H,5,11H2,1-4H3. The van der Waals surface area contributed by atoms with E-state index in [-0.39, 0.29) is 6.04 Å². The second kappa shape index (κ2) is 6.07. The molecule has 2 rings (SSSR count). The Morgan fingerprint density at radius 1 is 1.16 bits per heavy atom. The molecule has 19 heavy (non-hydrogen) atoms. The van der Waals surface area contributed by atoms with Crippen molar-refractivity contribution in [3.63, 3.8) is 0 Å². The maximum Gasteiger partial charge on any atom is 0.134 e. The van der Waals surface area contributed by atoms with Crippen LogP contribution in [0.1, 0.15) is 43.2 Å². The fourth-order valence-electron chi connectivity index (χ4n) is 2.21. The molecular weight excluding hydrogens is 234 g/mol. The molecule has 0 saturated carbocycles. The van der Waals surface area contributed by atoms with Crippen molar-refractivity contribution in [3.8, 4) is 11.3 Å². The number of rotatable bonds is 5. The quantitative estimate of drug-likeness (QED) is 0.845. The van der Waals surface area contributed by atoms with Crippen LogP contribution in [0.15, 0.2) is 34.7 Å². The molecule has 0 saturated heterocycles. The molecule has 2 heteroatoms. The average molecular weight is 257 g/mol. The summed E-state index contributed by atoms with van der Waals surface area (Å²) >= 11 is 0. The smallest absolute Gasteiger partial charge is 0.134 e. The zero-order valence-electron chi connectivity index (χ0n) is 12.3. The van der Waals surface area contributed by atoms with Gasteiger partial charge in [0.25, 0.3) is 0 Å². The maximum absolute atomic E-state index is 6.00. The molecule has 102 valence electrons. The summed E-state index contributed by atoms with van der Waals surface area (Å²) < 4.78 is 6.00. The van der Waals surface area contributed by atoms with Gasteiger partial charge in [0, 0.05) is 5.56 Å². The minimum absolute atomic E-state index is 0.263. The molecule has 1 heterocycles. The molecule has 0 radical (unpaired) electrons. The number of benzene rings is 1. The summed E-state index contributed by atoms with van der Waals surface area (Å²) in [7, 11) is 0. The predicted molar refractivity (Wildman–Crippen MR) is 80.3 cm³/mol. The molecule has 1 atom stereocenters. The third kappa shape index (κ3) is 3.07. The normalized spacial score (nSPS) is 12.6. The van der Waals surface area contributed by atoms with Crippen LogP contribution in [0.5, 0.6) is 0 Å². The van der Waals surface area contributed by atoms with E-state index in [0.29, 0.717) is 0 Å². The summed E-state index contributed by atoms with van der Waals surface area (Å²) in [6.45, 7) is 9.60.